The van der Waals surface area contributed by atoms with E-state index in [4.69, 9.17) is 23.1 Å². The van der Waals surface area contributed by atoms with Gasteiger partial charge in [0, 0.05) is 55.6 Å². The zero-order chi connectivity index (χ0) is 26.3. The van der Waals surface area contributed by atoms with E-state index in [9.17, 15) is 14.0 Å². The lowest BCUT2D eigenvalue weighted by Gasteiger charge is -2.36. The van der Waals surface area contributed by atoms with Crippen molar-refractivity contribution in [1.29, 1.82) is 0 Å². The molecule has 0 spiro atoms. The standard InChI is InChI=1S/C25H32ClFN8O2/c1-34-4-6-35(7-5-34)19-3-2-15(28)8-13(19)11-20(36)31-18-10-14-9-16(18)22(21(14)23(29)37)32-24-17(27)12-30-25(26)33-24/h2-3,8,12,14,16,18,21-22H,4-7,9-11,28H2,1H3,(H2,29,37)(H,31,36)(H,30,32,33)/t14-,16+,18+,21-,22+/m0/s1. The molecule has 2 saturated carbocycles. The van der Waals surface area contributed by atoms with Gasteiger partial charge in [-0.2, -0.15) is 4.98 Å². The van der Waals surface area contributed by atoms with E-state index in [0.29, 0.717) is 18.5 Å². The lowest BCUT2D eigenvalue weighted by atomic mass is 9.81. The van der Waals surface area contributed by atoms with Crippen molar-refractivity contribution in [2.75, 3.05) is 49.2 Å². The molecule has 0 unspecified atom stereocenters. The van der Waals surface area contributed by atoms with Gasteiger partial charge in [0.15, 0.2) is 11.6 Å². The van der Waals surface area contributed by atoms with Crippen LogP contribution in [0.5, 0.6) is 0 Å². The SMILES string of the molecule is CN1CCN(c2ccc(N)cc2CC(=O)N[C@@H]2C[C@@H]3C[C@H]2[C@@H](Nc2nc(Cl)ncc2F)[C@H]3C(N)=O)CC1. The van der Waals surface area contributed by atoms with E-state index < -0.39 is 23.7 Å². The molecular formula is C25H32ClFN8O2. The first-order valence-electron chi connectivity index (χ1n) is 12.5. The number of hydrogen-bond donors (Lipinski definition) is 4. The van der Waals surface area contributed by atoms with Crippen LogP contribution in [0.1, 0.15) is 18.4 Å². The van der Waals surface area contributed by atoms with Gasteiger partial charge in [0.1, 0.15) is 0 Å². The Morgan fingerprint density at radius 1 is 1.22 bits per heavy atom. The lowest BCUT2D eigenvalue weighted by molar-refractivity contribution is -0.123. The molecule has 198 valence electrons. The van der Waals surface area contributed by atoms with Crippen LogP contribution in [0, 0.1) is 23.6 Å². The number of benzene rings is 1. The molecule has 2 bridgehead atoms. The number of halogens is 2. The first kappa shape index (κ1) is 25.5. The van der Waals surface area contributed by atoms with E-state index in [1.165, 1.54) is 0 Å². The topological polar surface area (TPSA) is 142 Å². The van der Waals surface area contributed by atoms with Crippen LogP contribution in [-0.4, -0.2) is 72.0 Å². The number of nitrogens with two attached hydrogens (primary N) is 2. The van der Waals surface area contributed by atoms with Crippen molar-refractivity contribution in [2.24, 2.45) is 23.5 Å². The fourth-order valence-electron chi connectivity index (χ4n) is 6.27. The zero-order valence-corrected chi connectivity index (χ0v) is 21.4. The summed E-state index contributed by atoms with van der Waals surface area (Å²) in [6.45, 7) is 3.67. The minimum absolute atomic E-state index is 0.0149. The molecule has 12 heteroatoms. The van der Waals surface area contributed by atoms with Gasteiger partial charge in [-0.05, 0) is 61.2 Å². The second-order valence-corrected chi connectivity index (χ2v) is 10.7. The van der Waals surface area contributed by atoms with Crippen LogP contribution in [-0.2, 0) is 16.0 Å². The van der Waals surface area contributed by atoms with Gasteiger partial charge in [-0.25, -0.2) is 9.37 Å². The summed E-state index contributed by atoms with van der Waals surface area (Å²) >= 11 is 5.85. The average Bonchev–Trinajstić information content (AvgIpc) is 3.40. The van der Waals surface area contributed by atoms with Gasteiger partial charge in [-0.3, -0.25) is 9.59 Å². The normalized spacial score (nSPS) is 27.3. The van der Waals surface area contributed by atoms with Crippen LogP contribution < -0.4 is 27.0 Å². The summed E-state index contributed by atoms with van der Waals surface area (Å²) < 4.78 is 14.3. The highest BCUT2D eigenvalue weighted by Gasteiger charge is 2.55. The van der Waals surface area contributed by atoms with E-state index in [0.717, 1.165) is 43.6 Å². The Hall–Kier alpha value is -3.18. The Morgan fingerprint density at radius 3 is 2.70 bits per heavy atom. The number of carbonyl (C=O) groups excluding carboxylic acids is 2. The van der Waals surface area contributed by atoms with E-state index in [2.05, 4.69) is 37.4 Å². The Kier molecular flexibility index (Phi) is 7.09. The minimum Gasteiger partial charge on any atom is -0.399 e. The second-order valence-electron chi connectivity index (χ2n) is 10.4. The third-order valence-corrected chi connectivity index (χ3v) is 8.18. The fourth-order valence-corrected chi connectivity index (χ4v) is 6.40. The van der Waals surface area contributed by atoms with E-state index in [1.807, 2.05) is 18.2 Å². The first-order chi connectivity index (χ1) is 17.7. The van der Waals surface area contributed by atoms with Gasteiger partial charge in [0.25, 0.3) is 0 Å². The van der Waals surface area contributed by atoms with Gasteiger partial charge in [-0.15, -0.1) is 0 Å². The van der Waals surface area contributed by atoms with Crippen LogP contribution in [0.2, 0.25) is 5.28 Å². The molecule has 1 aromatic heterocycles. The van der Waals surface area contributed by atoms with E-state index in [-0.39, 0.29) is 41.3 Å². The molecule has 5 atom stereocenters. The maximum atomic E-state index is 14.3. The van der Waals surface area contributed by atoms with Crippen molar-refractivity contribution in [3.8, 4) is 0 Å². The Labute approximate surface area is 219 Å². The Balaban J connectivity index is 1.30. The number of anilines is 3. The maximum Gasteiger partial charge on any atom is 0.224 e. The van der Waals surface area contributed by atoms with Gasteiger partial charge in [0.2, 0.25) is 17.1 Å². The number of rotatable bonds is 7. The predicted molar refractivity (Wildman–Crippen MR) is 140 cm³/mol. The van der Waals surface area contributed by atoms with Gasteiger partial charge in [0.05, 0.1) is 18.5 Å². The summed E-state index contributed by atoms with van der Waals surface area (Å²) in [5, 5.41) is 6.10. The molecule has 37 heavy (non-hydrogen) atoms. The number of nitrogens with one attached hydrogen (secondary N) is 2. The number of hydrogen-bond acceptors (Lipinski definition) is 8. The number of piperazine rings is 1. The Bertz CT molecular complexity index is 1190. The monoisotopic (exact) mass is 530 g/mol. The molecular weight excluding hydrogens is 499 g/mol. The zero-order valence-electron chi connectivity index (χ0n) is 20.7. The fraction of sp³-hybridized carbons (Fsp3) is 0.520. The highest BCUT2D eigenvalue weighted by atomic mass is 35.5. The summed E-state index contributed by atoms with van der Waals surface area (Å²) in [6.07, 6.45) is 2.50. The summed E-state index contributed by atoms with van der Waals surface area (Å²) in [6, 6.07) is 5.06. The van der Waals surface area contributed by atoms with Crippen LogP contribution >= 0.6 is 11.6 Å². The third-order valence-electron chi connectivity index (χ3n) is 8.00. The number of aromatic nitrogens is 2. The summed E-state index contributed by atoms with van der Waals surface area (Å²) in [7, 11) is 2.10. The molecule has 2 aliphatic carbocycles. The van der Waals surface area contributed by atoms with Crippen molar-refractivity contribution in [1.82, 2.24) is 20.2 Å². The molecule has 10 nitrogen and oxygen atoms in total. The number of likely N-dealkylation sites (N-methyl/N-ethyl adjacent to an activating group) is 1. The maximum absolute atomic E-state index is 14.3. The van der Waals surface area contributed by atoms with Gasteiger partial charge >= 0.3 is 0 Å². The lowest BCUT2D eigenvalue weighted by Crippen LogP contribution is -2.52. The minimum atomic E-state index is -0.672. The van der Waals surface area contributed by atoms with Crippen molar-refractivity contribution in [2.45, 2.75) is 31.3 Å². The third kappa shape index (κ3) is 5.28. The van der Waals surface area contributed by atoms with Crippen LogP contribution in [0.25, 0.3) is 0 Å². The quantitative estimate of drug-likeness (QED) is 0.309. The first-order valence-corrected chi connectivity index (χ1v) is 12.9. The summed E-state index contributed by atoms with van der Waals surface area (Å²) in [5.74, 6) is -1.95. The molecule has 5 rings (SSSR count). The number of carbonyl (C=O) groups is 2. The second kappa shape index (κ2) is 10.3. The summed E-state index contributed by atoms with van der Waals surface area (Å²) in [4.78, 5) is 37.6. The van der Waals surface area contributed by atoms with Crippen LogP contribution in [0.3, 0.4) is 0 Å². The van der Waals surface area contributed by atoms with Gasteiger partial charge in [-0.1, -0.05) is 0 Å². The number of nitrogen functional groups attached to an aromatic ring is 1. The van der Waals surface area contributed by atoms with Crippen LogP contribution in [0.4, 0.5) is 21.6 Å². The molecule has 1 saturated heterocycles. The summed E-state index contributed by atoms with van der Waals surface area (Å²) in [5.41, 5.74) is 14.3. The number of amides is 2. The number of fused-ring (bicyclic) bond motifs is 2. The molecule has 0 radical (unpaired) electrons. The Morgan fingerprint density at radius 2 is 1.97 bits per heavy atom. The average molecular weight is 531 g/mol. The predicted octanol–water partition coefficient (Wildman–Crippen LogP) is 1.25. The molecule has 3 fully saturated rings. The molecule has 1 aliphatic heterocycles. The van der Waals surface area contributed by atoms with Crippen molar-refractivity contribution in [3.05, 3.63) is 41.1 Å². The molecule has 2 heterocycles. The number of primary amides is 1. The van der Waals surface area contributed by atoms with E-state index >= 15 is 0 Å². The smallest absolute Gasteiger partial charge is 0.224 e. The highest BCUT2D eigenvalue weighted by molar-refractivity contribution is 6.28. The number of nitrogens with zero attached hydrogens (tertiary/aromatic N) is 4. The van der Waals surface area contributed by atoms with E-state index in [1.54, 1.807) is 0 Å². The van der Waals surface area contributed by atoms with Crippen LogP contribution in [0.15, 0.2) is 24.4 Å². The largest absolute Gasteiger partial charge is 0.399 e. The molecule has 3 aliphatic rings. The van der Waals surface area contributed by atoms with Gasteiger partial charge < -0.3 is 31.9 Å². The van der Waals surface area contributed by atoms with Crippen molar-refractivity contribution < 1.29 is 14.0 Å². The molecule has 2 amide bonds. The highest BCUT2D eigenvalue weighted by Crippen LogP contribution is 2.49. The van der Waals surface area contributed by atoms with Crippen molar-refractivity contribution in [3.63, 3.8) is 0 Å². The molecule has 1 aromatic carbocycles. The van der Waals surface area contributed by atoms with Crippen molar-refractivity contribution >= 4 is 40.6 Å². The molecule has 2 aromatic rings. The molecule has 6 N–H and O–H groups in total.